The third kappa shape index (κ3) is 6.00. The first-order valence-corrected chi connectivity index (χ1v) is 12.6. The molecule has 9 heteroatoms. The van der Waals surface area contributed by atoms with Crippen molar-refractivity contribution in [1.29, 1.82) is 5.26 Å². The fourth-order valence-electron chi connectivity index (χ4n) is 3.71. The summed E-state index contributed by atoms with van der Waals surface area (Å²) in [7, 11) is 0. The number of benzene rings is 2. The van der Waals surface area contributed by atoms with E-state index < -0.39 is 6.10 Å². The van der Waals surface area contributed by atoms with E-state index in [1.165, 1.54) is 23.9 Å². The first kappa shape index (κ1) is 26.4. The molecule has 2 aromatic carbocycles. The molecule has 0 unspecified atom stereocenters. The SMILES string of the molecule is Cc1nc(SCc2nc(-c3ccc(F)cc3)oc2C)c(C#N)c(-c2ccc(OC[C@@H](O)CO)cc2)c1C. The lowest BCUT2D eigenvalue weighted by molar-refractivity contribution is 0.0536. The Labute approximate surface area is 218 Å². The van der Waals surface area contributed by atoms with Crippen LogP contribution < -0.4 is 4.74 Å². The Balaban J connectivity index is 1.59. The lowest BCUT2D eigenvalue weighted by Crippen LogP contribution is -2.21. The Kier molecular flexibility index (Phi) is 8.24. The van der Waals surface area contributed by atoms with Crippen molar-refractivity contribution in [2.24, 2.45) is 0 Å². The van der Waals surface area contributed by atoms with Crippen LogP contribution in [0.5, 0.6) is 5.75 Å². The minimum absolute atomic E-state index is 0.0161. The largest absolute Gasteiger partial charge is 0.491 e. The molecule has 2 heterocycles. The van der Waals surface area contributed by atoms with Crippen molar-refractivity contribution < 1.29 is 23.8 Å². The van der Waals surface area contributed by atoms with E-state index in [9.17, 15) is 14.8 Å². The molecule has 0 bridgehead atoms. The monoisotopic (exact) mass is 519 g/mol. The number of aromatic nitrogens is 2. The van der Waals surface area contributed by atoms with Crippen molar-refractivity contribution in [3.05, 3.63) is 82.6 Å². The topological polar surface area (TPSA) is 112 Å². The molecule has 0 aliphatic carbocycles. The first-order valence-electron chi connectivity index (χ1n) is 11.6. The number of hydrogen-bond acceptors (Lipinski definition) is 8. The number of rotatable bonds is 9. The van der Waals surface area contributed by atoms with E-state index in [1.54, 1.807) is 24.3 Å². The summed E-state index contributed by atoms with van der Waals surface area (Å²) in [6.07, 6.45) is -0.949. The van der Waals surface area contributed by atoms with Crippen molar-refractivity contribution in [1.82, 2.24) is 9.97 Å². The molecule has 2 aromatic heterocycles. The lowest BCUT2D eigenvalue weighted by Gasteiger charge is -2.15. The smallest absolute Gasteiger partial charge is 0.226 e. The van der Waals surface area contributed by atoms with Gasteiger partial charge < -0.3 is 19.4 Å². The normalized spacial score (nSPS) is 11.8. The van der Waals surface area contributed by atoms with Gasteiger partial charge in [-0.1, -0.05) is 23.9 Å². The van der Waals surface area contributed by atoms with E-state index in [-0.39, 0.29) is 19.0 Å². The number of hydrogen-bond donors (Lipinski definition) is 2. The van der Waals surface area contributed by atoms with Crippen LogP contribution in [-0.2, 0) is 5.75 Å². The summed E-state index contributed by atoms with van der Waals surface area (Å²) in [5.41, 5.74) is 5.23. The van der Waals surface area contributed by atoms with Crippen molar-refractivity contribution in [2.75, 3.05) is 13.2 Å². The maximum absolute atomic E-state index is 13.3. The van der Waals surface area contributed by atoms with Gasteiger partial charge in [-0.15, -0.1) is 0 Å². The van der Waals surface area contributed by atoms with Crippen LogP contribution in [0.1, 0.15) is 28.3 Å². The molecule has 2 N–H and O–H groups in total. The van der Waals surface area contributed by atoms with Crippen LogP contribution in [0.2, 0.25) is 0 Å². The van der Waals surface area contributed by atoms with Gasteiger partial charge in [-0.05, 0) is 68.3 Å². The van der Waals surface area contributed by atoms with E-state index in [0.717, 1.165) is 28.1 Å². The molecule has 1 atom stereocenters. The molecule has 4 rings (SSSR count). The fourth-order valence-corrected chi connectivity index (χ4v) is 4.75. The number of ether oxygens (including phenoxy) is 1. The summed E-state index contributed by atoms with van der Waals surface area (Å²) < 4.78 is 24.6. The zero-order valence-electron chi connectivity index (χ0n) is 20.7. The Morgan fingerprint density at radius 3 is 2.38 bits per heavy atom. The molecule has 190 valence electrons. The van der Waals surface area contributed by atoms with Gasteiger partial charge in [0.05, 0.1) is 17.9 Å². The van der Waals surface area contributed by atoms with Crippen molar-refractivity contribution in [2.45, 2.75) is 37.7 Å². The quantitative estimate of drug-likeness (QED) is 0.284. The van der Waals surface area contributed by atoms with Gasteiger partial charge in [0.15, 0.2) is 0 Å². The molecular formula is C28H26FN3O4S. The van der Waals surface area contributed by atoms with E-state index in [2.05, 4.69) is 16.0 Å². The summed E-state index contributed by atoms with van der Waals surface area (Å²) in [6, 6.07) is 15.5. The third-order valence-electron chi connectivity index (χ3n) is 5.89. The lowest BCUT2D eigenvalue weighted by atomic mass is 9.96. The van der Waals surface area contributed by atoms with Crippen LogP contribution in [-0.4, -0.2) is 39.5 Å². The van der Waals surface area contributed by atoms with Gasteiger partial charge in [0, 0.05) is 22.6 Å². The Bertz CT molecular complexity index is 1430. The third-order valence-corrected chi connectivity index (χ3v) is 6.87. The minimum Gasteiger partial charge on any atom is -0.491 e. The summed E-state index contributed by atoms with van der Waals surface area (Å²) in [5, 5.41) is 29.1. The fraction of sp³-hybridized carbons (Fsp3) is 0.250. The second kappa shape index (κ2) is 11.6. The van der Waals surface area contributed by atoms with Crippen LogP contribution in [0, 0.1) is 37.9 Å². The molecule has 0 saturated heterocycles. The van der Waals surface area contributed by atoms with Gasteiger partial charge in [-0.25, -0.2) is 14.4 Å². The molecule has 0 fully saturated rings. The standard InChI is InChI=1S/C28H26FN3O4S/c1-16-17(2)31-28(37-15-25-18(3)36-27(32-25)20-4-8-21(29)9-5-20)24(12-30)26(16)19-6-10-23(11-7-19)35-14-22(34)13-33/h4-11,22,33-34H,13-15H2,1-3H3/t22-/m0/s1. The number of halogens is 1. The Morgan fingerprint density at radius 1 is 1.05 bits per heavy atom. The number of oxazole rings is 1. The van der Waals surface area contributed by atoms with Crippen LogP contribution in [0.25, 0.3) is 22.6 Å². The van der Waals surface area contributed by atoms with Gasteiger partial charge >= 0.3 is 0 Å². The summed E-state index contributed by atoms with van der Waals surface area (Å²) in [6.45, 7) is 5.28. The predicted octanol–water partition coefficient (Wildman–Crippen LogP) is 5.36. The number of pyridine rings is 1. The van der Waals surface area contributed by atoms with Crippen LogP contribution in [0.15, 0.2) is 58.0 Å². The summed E-state index contributed by atoms with van der Waals surface area (Å²) >= 11 is 1.41. The number of nitrogens with zero attached hydrogens (tertiary/aromatic N) is 3. The van der Waals surface area contributed by atoms with Gasteiger partial charge in [0.25, 0.3) is 0 Å². The second-order valence-corrected chi connectivity index (χ2v) is 9.44. The number of nitriles is 1. The highest BCUT2D eigenvalue weighted by atomic mass is 32.2. The molecule has 4 aromatic rings. The summed E-state index contributed by atoms with van der Waals surface area (Å²) in [5.74, 6) is 1.73. The van der Waals surface area contributed by atoms with Crippen molar-refractivity contribution in [3.8, 4) is 34.4 Å². The number of thioether (sulfide) groups is 1. The van der Waals surface area contributed by atoms with Crippen LogP contribution >= 0.6 is 11.8 Å². The molecular weight excluding hydrogens is 493 g/mol. The molecule has 0 aliphatic heterocycles. The van der Waals surface area contributed by atoms with E-state index in [0.29, 0.717) is 39.3 Å². The van der Waals surface area contributed by atoms with Gasteiger partial charge in [-0.3, -0.25) is 0 Å². The van der Waals surface area contributed by atoms with E-state index in [1.807, 2.05) is 32.9 Å². The van der Waals surface area contributed by atoms with Crippen LogP contribution in [0.3, 0.4) is 0 Å². The molecule has 0 saturated carbocycles. The molecule has 37 heavy (non-hydrogen) atoms. The maximum Gasteiger partial charge on any atom is 0.226 e. The van der Waals surface area contributed by atoms with Gasteiger partial charge in [-0.2, -0.15) is 5.26 Å². The molecule has 0 aliphatic rings. The number of aryl methyl sites for hydroxylation is 2. The second-order valence-electron chi connectivity index (χ2n) is 8.48. The number of aliphatic hydroxyl groups is 2. The van der Waals surface area contributed by atoms with Gasteiger partial charge in [0.1, 0.15) is 41.1 Å². The van der Waals surface area contributed by atoms with Crippen LogP contribution in [0.4, 0.5) is 4.39 Å². The highest BCUT2D eigenvalue weighted by Crippen LogP contribution is 2.36. The zero-order valence-corrected chi connectivity index (χ0v) is 21.5. The highest BCUT2D eigenvalue weighted by Gasteiger charge is 2.19. The highest BCUT2D eigenvalue weighted by molar-refractivity contribution is 7.98. The average molecular weight is 520 g/mol. The van der Waals surface area contributed by atoms with Gasteiger partial charge in [0.2, 0.25) is 5.89 Å². The van der Waals surface area contributed by atoms with E-state index in [4.69, 9.17) is 14.3 Å². The Hall–Kier alpha value is -3.71. The number of aliphatic hydroxyl groups excluding tert-OH is 2. The van der Waals surface area contributed by atoms with Crippen molar-refractivity contribution >= 4 is 11.8 Å². The Morgan fingerprint density at radius 2 is 1.73 bits per heavy atom. The minimum atomic E-state index is -0.949. The maximum atomic E-state index is 13.3. The van der Waals surface area contributed by atoms with E-state index >= 15 is 0 Å². The molecule has 0 amide bonds. The zero-order chi connectivity index (χ0) is 26.5. The molecule has 0 spiro atoms. The average Bonchev–Trinajstić information content (AvgIpc) is 3.28. The predicted molar refractivity (Wildman–Crippen MR) is 139 cm³/mol. The molecule has 0 radical (unpaired) electrons. The van der Waals surface area contributed by atoms with Crippen molar-refractivity contribution in [3.63, 3.8) is 0 Å². The first-order chi connectivity index (χ1) is 17.8. The summed E-state index contributed by atoms with van der Waals surface area (Å²) in [4.78, 5) is 9.27. The molecule has 7 nitrogen and oxygen atoms in total.